The Hall–Kier alpha value is -1.23. The van der Waals surface area contributed by atoms with Gasteiger partial charge in [-0.15, -0.1) is 0 Å². The van der Waals surface area contributed by atoms with Crippen LogP contribution in [0.2, 0.25) is 10.0 Å². The van der Waals surface area contributed by atoms with E-state index in [1.807, 2.05) is 0 Å². The minimum Gasteiger partial charge on any atom is -0.462 e. The Kier molecular flexibility index (Phi) is 5.91. The van der Waals surface area contributed by atoms with Gasteiger partial charge in [0.2, 0.25) is 0 Å². The molecule has 1 aromatic rings. The fourth-order valence-electron chi connectivity index (χ4n) is 1.90. The SMILES string of the molecule is CONC(=CCC(=O)OC1CCC1)c1ccc(Cl)c(Cl)c1. The molecular weight excluding hydrogens is 313 g/mol. The van der Waals surface area contributed by atoms with Gasteiger partial charge in [0.05, 0.1) is 29.3 Å². The molecule has 1 aromatic carbocycles. The molecule has 0 aromatic heterocycles. The van der Waals surface area contributed by atoms with Gasteiger partial charge in [-0.2, -0.15) is 0 Å². The molecule has 0 bridgehead atoms. The molecule has 4 nitrogen and oxygen atoms in total. The maximum absolute atomic E-state index is 11.7. The molecule has 2 rings (SSSR count). The number of carbonyl (C=O) groups is 1. The topological polar surface area (TPSA) is 47.6 Å². The first-order chi connectivity index (χ1) is 10.1. The fourth-order valence-corrected chi connectivity index (χ4v) is 2.20. The lowest BCUT2D eigenvalue weighted by atomic mass is 9.96. The quantitative estimate of drug-likeness (QED) is 0.633. The summed E-state index contributed by atoms with van der Waals surface area (Å²) in [5, 5.41) is 0.914. The lowest BCUT2D eigenvalue weighted by Crippen LogP contribution is -2.24. The molecule has 114 valence electrons. The molecule has 1 aliphatic rings. The molecule has 0 heterocycles. The van der Waals surface area contributed by atoms with E-state index >= 15 is 0 Å². The zero-order valence-electron chi connectivity index (χ0n) is 11.7. The number of esters is 1. The molecule has 0 saturated heterocycles. The van der Waals surface area contributed by atoms with Crippen molar-refractivity contribution < 1.29 is 14.4 Å². The highest BCUT2D eigenvalue weighted by Gasteiger charge is 2.21. The van der Waals surface area contributed by atoms with Crippen molar-refractivity contribution in [3.63, 3.8) is 0 Å². The molecule has 0 aliphatic heterocycles. The number of halogens is 2. The largest absolute Gasteiger partial charge is 0.462 e. The minimum absolute atomic E-state index is 0.0923. The molecule has 1 N–H and O–H groups in total. The monoisotopic (exact) mass is 329 g/mol. The molecule has 1 aliphatic carbocycles. The van der Waals surface area contributed by atoms with Crippen LogP contribution in [0.4, 0.5) is 0 Å². The average Bonchev–Trinajstić information content (AvgIpc) is 2.42. The number of rotatable bonds is 6. The minimum atomic E-state index is -0.241. The summed E-state index contributed by atoms with van der Waals surface area (Å²) in [4.78, 5) is 16.7. The molecule has 21 heavy (non-hydrogen) atoms. The molecule has 0 amide bonds. The van der Waals surface area contributed by atoms with E-state index in [0.29, 0.717) is 15.7 Å². The molecule has 0 atom stereocenters. The normalized spacial score (nSPS) is 15.5. The van der Waals surface area contributed by atoms with Crippen LogP contribution in [0.5, 0.6) is 0 Å². The van der Waals surface area contributed by atoms with Crippen molar-refractivity contribution in [2.45, 2.75) is 31.8 Å². The Morgan fingerprint density at radius 2 is 2.14 bits per heavy atom. The first kappa shape index (κ1) is 16.1. The van der Waals surface area contributed by atoms with Crippen LogP contribution in [0, 0.1) is 0 Å². The van der Waals surface area contributed by atoms with Crippen molar-refractivity contribution in [3.8, 4) is 0 Å². The predicted molar refractivity (Wildman–Crippen MR) is 82.9 cm³/mol. The Balaban J connectivity index is 2.03. The van der Waals surface area contributed by atoms with E-state index in [1.165, 1.54) is 7.11 Å². The van der Waals surface area contributed by atoms with E-state index in [4.69, 9.17) is 32.8 Å². The lowest BCUT2D eigenvalue weighted by molar-refractivity contribution is -0.151. The van der Waals surface area contributed by atoms with Crippen molar-refractivity contribution in [2.24, 2.45) is 0 Å². The van der Waals surface area contributed by atoms with Crippen LogP contribution in [-0.2, 0) is 14.4 Å². The smallest absolute Gasteiger partial charge is 0.309 e. The van der Waals surface area contributed by atoms with E-state index in [-0.39, 0.29) is 18.5 Å². The second-order valence-electron chi connectivity index (χ2n) is 4.80. The van der Waals surface area contributed by atoms with Gasteiger partial charge in [0.1, 0.15) is 6.10 Å². The molecule has 6 heteroatoms. The molecule has 0 spiro atoms. The summed E-state index contributed by atoms with van der Waals surface area (Å²) >= 11 is 11.9. The Morgan fingerprint density at radius 3 is 2.71 bits per heavy atom. The van der Waals surface area contributed by atoms with Crippen molar-refractivity contribution in [1.29, 1.82) is 0 Å². The fraction of sp³-hybridized carbons (Fsp3) is 0.400. The van der Waals surface area contributed by atoms with E-state index in [2.05, 4.69) is 5.48 Å². The molecule has 0 unspecified atom stereocenters. The van der Waals surface area contributed by atoms with Crippen LogP contribution in [0.15, 0.2) is 24.3 Å². The molecule has 1 fully saturated rings. The van der Waals surface area contributed by atoms with Crippen LogP contribution in [0.25, 0.3) is 5.70 Å². The zero-order chi connectivity index (χ0) is 15.2. The van der Waals surface area contributed by atoms with Crippen molar-refractivity contribution in [2.75, 3.05) is 7.11 Å². The average molecular weight is 330 g/mol. The summed E-state index contributed by atoms with van der Waals surface area (Å²) in [5.74, 6) is -0.241. The van der Waals surface area contributed by atoms with E-state index < -0.39 is 0 Å². The number of hydrogen-bond donors (Lipinski definition) is 1. The first-order valence-corrected chi connectivity index (χ1v) is 7.50. The van der Waals surface area contributed by atoms with Gasteiger partial charge < -0.3 is 4.74 Å². The molecular formula is C15H17Cl2NO3. The van der Waals surface area contributed by atoms with E-state index in [0.717, 1.165) is 24.8 Å². The van der Waals surface area contributed by atoms with Crippen molar-refractivity contribution >= 4 is 34.9 Å². The van der Waals surface area contributed by atoms with Crippen LogP contribution in [0.1, 0.15) is 31.2 Å². The standard InChI is InChI=1S/C15H17Cl2NO3/c1-20-18-14(10-5-6-12(16)13(17)9-10)7-8-15(19)21-11-3-2-4-11/h5-7,9,11,18H,2-4,8H2,1H3. The van der Waals surface area contributed by atoms with Gasteiger partial charge in [-0.1, -0.05) is 29.3 Å². The van der Waals surface area contributed by atoms with Gasteiger partial charge in [-0.05, 0) is 37.5 Å². The number of ether oxygens (including phenoxy) is 1. The summed E-state index contributed by atoms with van der Waals surface area (Å²) in [5.41, 5.74) is 4.15. The van der Waals surface area contributed by atoms with Crippen molar-refractivity contribution in [3.05, 3.63) is 39.9 Å². The van der Waals surface area contributed by atoms with Crippen LogP contribution >= 0.6 is 23.2 Å². The first-order valence-electron chi connectivity index (χ1n) is 6.74. The van der Waals surface area contributed by atoms with E-state index in [1.54, 1.807) is 24.3 Å². The third kappa shape index (κ3) is 4.63. The van der Waals surface area contributed by atoms with Gasteiger partial charge in [-0.3, -0.25) is 15.1 Å². The second-order valence-corrected chi connectivity index (χ2v) is 5.61. The predicted octanol–water partition coefficient (Wildman–Crippen LogP) is 3.97. The molecule has 1 saturated carbocycles. The van der Waals surface area contributed by atoms with E-state index in [9.17, 15) is 4.79 Å². The highest BCUT2D eigenvalue weighted by Crippen LogP contribution is 2.26. The van der Waals surface area contributed by atoms with Gasteiger partial charge in [0, 0.05) is 5.56 Å². The Bertz CT molecular complexity index is 542. The van der Waals surface area contributed by atoms with Gasteiger partial charge in [-0.25, -0.2) is 0 Å². The number of benzene rings is 1. The molecule has 0 radical (unpaired) electrons. The summed E-state index contributed by atoms with van der Waals surface area (Å²) in [6.07, 6.45) is 5.03. The van der Waals surface area contributed by atoms with Gasteiger partial charge in [0.15, 0.2) is 0 Å². The summed E-state index contributed by atoms with van der Waals surface area (Å²) in [7, 11) is 1.50. The Morgan fingerprint density at radius 1 is 1.38 bits per heavy atom. The summed E-state index contributed by atoms with van der Waals surface area (Å²) in [6, 6.07) is 5.19. The third-order valence-corrected chi connectivity index (χ3v) is 4.00. The summed E-state index contributed by atoms with van der Waals surface area (Å²) in [6.45, 7) is 0. The van der Waals surface area contributed by atoms with Crippen LogP contribution < -0.4 is 5.48 Å². The highest BCUT2D eigenvalue weighted by atomic mass is 35.5. The lowest BCUT2D eigenvalue weighted by Gasteiger charge is -2.24. The number of hydroxylamine groups is 1. The van der Waals surface area contributed by atoms with Gasteiger partial charge >= 0.3 is 5.97 Å². The van der Waals surface area contributed by atoms with Crippen LogP contribution in [-0.4, -0.2) is 19.2 Å². The maximum Gasteiger partial charge on any atom is 0.309 e. The number of hydrogen-bond acceptors (Lipinski definition) is 4. The number of nitrogens with one attached hydrogen (secondary N) is 1. The summed E-state index contributed by atoms with van der Waals surface area (Å²) < 4.78 is 5.29. The zero-order valence-corrected chi connectivity index (χ0v) is 13.2. The second kappa shape index (κ2) is 7.69. The van der Waals surface area contributed by atoms with Crippen LogP contribution in [0.3, 0.4) is 0 Å². The highest BCUT2D eigenvalue weighted by molar-refractivity contribution is 6.42. The van der Waals surface area contributed by atoms with Gasteiger partial charge in [0.25, 0.3) is 0 Å². The third-order valence-electron chi connectivity index (χ3n) is 3.27. The number of carbonyl (C=O) groups excluding carboxylic acids is 1. The Labute approximate surface area is 134 Å². The maximum atomic E-state index is 11.7. The van der Waals surface area contributed by atoms with Crippen molar-refractivity contribution in [1.82, 2.24) is 5.48 Å².